The lowest BCUT2D eigenvalue weighted by atomic mass is 10.2. The molecule has 2 rings (SSSR count). The van der Waals surface area contributed by atoms with Crippen molar-refractivity contribution in [1.29, 1.82) is 0 Å². The van der Waals surface area contributed by atoms with E-state index in [1.807, 2.05) is 0 Å². The van der Waals surface area contributed by atoms with Crippen LogP contribution in [0.15, 0.2) is 11.0 Å². The average Bonchev–Trinajstić information content (AvgIpc) is 2.70. The van der Waals surface area contributed by atoms with E-state index < -0.39 is 0 Å². The van der Waals surface area contributed by atoms with Crippen molar-refractivity contribution in [3.8, 4) is 0 Å². The van der Waals surface area contributed by atoms with Crippen molar-refractivity contribution in [3.63, 3.8) is 0 Å². The molecule has 0 aromatic carbocycles. The Morgan fingerprint density at radius 3 is 2.91 bits per heavy atom. The number of nitrogens with zero attached hydrogens (tertiary/aromatic N) is 1. The summed E-state index contributed by atoms with van der Waals surface area (Å²) in [5.41, 5.74) is 6.19. The van der Waals surface area contributed by atoms with E-state index in [1.54, 1.807) is 6.20 Å². The highest BCUT2D eigenvalue weighted by Crippen LogP contribution is 2.41. The van der Waals surface area contributed by atoms with Crippen molar-refractivity contribution in [2.45, 2.75) is 18.8 Å². The number of aromatic nitrogens is 2. The number of nitrogen functional groups attached to an aromatic ring is 1. The molecule has 1 saturated carbocycles. The Kier molecular flexibility index (Phi) is 1.21. The minimum atomic E-state index is -0.369. The SMILES string of the molecule is Nc1[nH]c(=O)ncc1C1CC1. The van der Waals surface area contributed by atoms with Gasteiger partial charge in [0.2, 0.25) is 0 Å². The van der Waals surface area contributed by atoms with Crippen molar-refractivity contribution < 1.29 is 0 Å². The molecule has 0 spiro atoms. The van der Waals surface area contributed by atoms with Crippen LogP contribution in [-0.2, 0) is 0 Å². The van der Waals surface area contributed by atoms with Crippen LogP contribution in [0.2, 0.25) is 0 Å². The van der Waals surface area contributed by atoms with Crippen molar-refractivity contribution in [3.05, 3.63) is 22.2 Å². The second kappa shape index (κ2) is 2.08. The molecule has 4 heteroatoms. The molecule has 11 heavy (non-hydrogen) atoms. The van der Waals surface area contributed by atoms with Crippen molar-refractivity contribution >= 4 is 5.82 Å². The largest absolute Gasteiger partial charge is 0.385 e. The van der Waals surface area contributed by atoms with Gasteiger partial charge in [-0.05, 0) is 18.8 Å². The highest BCUT2D eigenvalue weighted by atomic mass is 16.1. The van der Waals surface area contributed by atoms with Crippen LogP contribution < -0.4 is 11.4 Å². The number of rotatable bonds is 1. The number of hydrogen-bond acceptors (Lipinski definition) is 3. The smallest absolute Gasteiger partial charge is 0.346 e. The first-order valence-corrected chi connectivity index (χ1v) is 3.62. The zero-order valence-corrected chi connectivity index (χ0v) is 6.00. The van der Waals surface area contributed by atoms with Gasteiger partial charge in [0.05, 0.1) is 0 Å². The summed E-state index contributed by atoms with van der Waals surface area (Å²) in [7, 11) is 0. The fourth-order valence-corrected chi connectivity index (χ4v) is 1.14. The van der Waals surface area contributed by atoms with E-state index in [2.05, 4.69) is 9.97 Å². The van der Waals surface area contributed by atoms with Gasteiger partial charge < -0.3 is 5.73 Å². The summed E-state index contributed by atoms with van der Waals surface area (Å²) in [5.74, 6) is 1.02. The molecular formula is C7H9N3O. The van der Waals surface area contributed by atoms with E-state index in [1.165, 1.54) is 0 Å². The Hall–Kier alpha value is -1.32. The third-order valence-corrected chi connectivity index (χ3v) is 1.89. The second-order valence-electron chi connectivity index (χ2n) is 2.83. The molecular weight excluding hydrogens is 142 g/mol. The molecule has 58 valence electrons. The number of nitrogens with two attached hydrogens (primary N) is 1. The van der Waals surface area contributed by atoms with Crippen LogP contribution >= 0.6 is 0 Å². The minimum absolute atomic E-state index is 0.369. The molecule has 1 aromatic rings. The summed E-state index contributed by atoms with van der Waals surface area (Å²) in [4.78, 5) is 16.7. The normalized spacial score (nSPS) is 16.7. The molecule has 0 unspecified atom stereocenters. The molecule has 0 bridgehead atoms. The van der Waals surface area contributed by atoms with Gasteiger partial charge in [0, 0.05) is 11.8 Å². The second-order valence-corrected chi connectivity index (χ2v) is 2.83. The minimum Gasteiger partial charge on any atom is -0.385 e. The van der Waals surface area contributed by atoms with Gasteiger partial charge in [-0.15, -0.1) is 0 Å². The lowest BCUT2D eigenvalue weighted by molar-refractivity contribution is 1.00. The van der Waals surface area contributed by atoms with Crippen LogP contribution in [0.4, 0.5) is 5.82 Å². The van der Waals surface area contributed by atoms with E-state index in [0.29, 0.717) is 11.7 Å². The third-order valence-electron chi connectivity index (χ3n) is 1.89. The lowest BCUT2D eigenvalue weighted by Crippen LogP contribution is -2.13. The lowest BCUT2D eigenvalue weighted by Gasteiger charge is -1.99. The summed E-state index contributed by atoms with van der Waals surface area (Å²) < 4.78 is 0. The summed E-state index contributed by atoms with van der Waals surface area (Å²) in [6, 6.07) is 0. The molecule has 0 radical (unpaired) electrons. The topological polar surface area (TPSA) is 71.8 Å². The third kappa shape index (κ3) is 1.11. The van der Waals surface area contributed by atoms with Gasteiger partial charge in [-0.2, -0.15) is 0 Å². The van der Waals surface area contributed by atoms with E-state index in [9.17, 15) is 4.79 Å². The van der Waals surface area contributed by atoms with Gasteiger partial charge in [0.25, 0.3) is 0 Å². The maximum absolute atomic E-state index is 10.6. The fourth-order valence-electron chi connectivity index (χ4n) is 1.14. The molecule has 1 aromatic heterocycles. The molecule has 1 aliphatic carbocycles. The predicted molar refractivity (Wildman–Crippen MR) is 41.2 cm³/mol. The maximum atomic E-state index is 10.6. The zero-order chi connectivity index (χ0) is 7.84. The van der Waals surface area contributed by atoms with Gasteiger partial charge in [0.15, 0.2) is 0 Å². The highest BCUT2D eigenvalue weighted by molar-refractivity contribution is 5.41. The number of H-pyrrole nitrogens is 1. The van der Waals surface area contributed by atoms with Crippen LogP contribution in [0.1, 0.15) is 24.3 Å². The number of aromatic amines is 1. The molecule has 3 N–H and O–H groups in total. The number of hydrogen-bond donors (Lipinski definition) is 2. The first-order chi connectivity index (χ1) is 5.27. The molecule has 4 nitrogen and oxygen atoms in total. The van der Waals surface area contributed by atoms with E-state index in [4.69, 9.17) is 5.73 Å². The standard InChI is InChI=1S/C7H9N3O/c8-6-5(4-1-2-4)3-9-7(11)10-6/h3-4H,1-2H2,(H3,8,9,10,11). The number of nitrogens with one attached hydrogen (secondary N) is 1. The van der Waals surface area contributed by atoms with Crippen molar-refractivity contribution in [2.24, 2.45) is 0 Å². The molecule has 1 fully saturated rings. The van der Waals surface area contributed by atoms with Gasteiger partial charge >= 0.3 is 5.69 Å². The highest BCUT2D eigenvalue weighted by Gasteiger charge is 2.26. The molecule has 0 amide bonds. The summed E-state index contributed by atoms with van der Waals surface area (Å²) in [6.07, 6.45) is 3.90. The Morgan fingerprint density at radius 2 is 2.36 bits per heavy atom. The average molecular weight is 151 g/mol. The Morgan fingerprint density at radius 1 is 1.64 bits per heavy atom. The van der Waals surface area contributed by atoms with Gasteiger partial charge in [-0.1, -0.05) is 0 Å². The van der Waals surface area contributed by atoms with Crippen LogP contribution in [0, 0.1) is 0 Å². The summed E-state index contributed by atoms with van der Waals surface area (Å²) in [5, 5.41) is 0. The van der Waals surface area contributed by atoms with Crippen LogP contribution in [0.5, 0.6) is 0 Å². The van der Waals surface area contributed by atoms with Crippen LogP contribution in [0.25, 0.3) is 0 Å². The van der Waals surface area contributed by atoms with E-state index >= 15 is 0 Å². The van der Waals surface area contributed by atoms with E-state index in [-0.39, 0.29) is 5.69 Å². The molecule has 1 heterocycles. The quantitative estimate of drug-likeness (QED) is 0.603. The first kappa shape index (κ1) is 6.39. The summed E-state index contributed by atoms with van der Waals surface area (Å²) >= 11 is 0. The Balaban J connectivity index is 2.47. The zero-order valence-electron chi connectivity index (χ0n) is 6.00. The van der Waals surface area contributed by atoms with Crippen molar-refractivity contribution in [1.82, 2.24) is 9.97 Å². The summed E-state index contributed by atoms with van der Waals surface area (Å²) in [6.45, 7) is 0. The molecule has 0 saturated heterocycles. The molecule has 0 atom stereocenters. The number of anilines is 1. The Labute approximate surface area is 63.5 Å². The molecule has 0 aliphatic heterocycles. The van der Waals surface area contributed by atoms with Gasteiger partial charge in [-0.3, -0.25) is 4.98 Å². The molecule has 1 aliphatic rings. The monoisotopic (exact) mass is 151 g/mol. The van der Waals surface area contributed by atoms with Gasteiger partial charge in [0.1, 0.15) is 5.82 Å². The predicted octanol–water partition coefficient (Wildman–Crippen LogP) is 0.229. The fraction of sp³-hybridized carbons (Fsp3) is 0.429. The Bertz CT molecular complexity index is 327. The maximum Gasteiger partial charge on any atom is 0.346 e. The first-order valence-electron chi connectivity index (χ1n) is 3.62. The van der Waals surface area contributed by atoms with Gasteiger partial charge in [-0.25, -0.2) is 9.78 Å². The van der Waals surface area contributed by atoms with Crippen LogP contribution in [0.3, 0.4) is 0 Å². The van der Waals surface area contributed by atoms with Crippen molar-refractivity contribution in [2.75, 3.05) is 5.73 Å². The van der Waals surface area contributed by atoms with E-state index in [0.717, 1.165) is 18.4 Å². The van der Waals surface area contributed by atoms with Crippen LogP contribution in [-0.4, -0.2) is 9.97 Å².